The van der Waals surface area contributed by atoms with Crippen molar-refractivity contribution in [2.24, 2.45) is 0 Å². The van der Waals surface area contributed by atoms with Crippen molar-refractivity contribution in [2.75, 3.05) is 26.0 Å². The molecule has 1 atom stereocenters. The van der Waals surface area contributed by atoms with Crippen LogP contribution in [0.3, 0.4) is 0 Å². The van der Waals surface area contributed by atoms with E-state index in [9.17, 15) is 4.79 Å². The molecule has 2 aromatic rings. The minimum absolute atomic E-state index is 0.0451. The van der Waals surface area contributed by atoms with Gasteiger partial charge in [-0.1, -0.05) is 35.9 Å². The van der Waals surface area contributed by atoms with Crippen LogP contribution in [0.25, 0.3) is 0 Å². The standard InChI is InChI=1S/C20H23ClN2O2/c1-23(18-9-5-7-14-6-3-4-8-16(14)18)20(24)13-22-17-12-15(21)10-11-19(17)25-2/h3-4,6,8,10-12,18,22H,5,7,9,13H2,1-2H3. The zero-order valence-electron chi connectivity index (χ0n) is 14.6. The van der Waals surface area contributed by atoms with E-state index in [2.05, 4.69) is 23.5 Å². The third-order valence-corrected chi connectivity index (χ3v) is 5.03. The number of rotatable bonds is 5. The van der Waals surface area contributed by atoms with Crippen molar-refractivity contribution in [3.63, 3.8) is 0 Å². The predicted molar refractivity (Wildman–Crippen MR) is 101 cm³/mol. The average Bonchev–Trinajstić information content (AvgIpc) is 2.65. The molecule has 0 aromatic heterocycles. The third kappa shape index (κ3) is 3.90. The summed E-state index contributed by atoms with van der Waals surface area (Å²) >= 11 is 6.04. The lowest BCUT2D eigenvalue weighted by atomic mass is 9.87. The van der Waals surface area contributed by atoms with E-state index in [0.29, 0.717) is 10.8 Å². The molecule has 0 fully saturated rings. The minimum atomic E-state index is 0.0451. The first-order valence-electron chi connectivity index (χ1n) is 8.51. The molecule has 1 aliphatic carbocycles. The van der Waals surface area contributed by atoms with Gasteiger partial charge in [0.05, 0.1) is 25.4 Å². The van der Waals surface area contributed by atoms with Gasteiger partial charge in [-0.25, -0.2) is 0 Å². The summed E-state index contributed by atoms with van der Waals surface area (Å²) in [5, 5.41) is 3.75. The summed E-state index contributed by atoms with van der Waals surface area (Å²) in [5.74, 6) is 0.714. The molecule has 0 heterocycles. The molecule has 0 saturated carbocycles. The number of amides is 1. The zero-order valence-corrected chi connectivity index (χ0v) is 15.3. The van der Waals surface area contributed by atoms with Crippen LogP contribution in [0.15, 0.2) is 42.5 Å². The van der Waals surface area contributed by atoms with Crippen LogP contribution in [0.4, 0.5) is 5.69 Å². The molecule has 25 heavy (non-hydrogen) atoms. The summed E-state index contributed by atoms with van der Waals surface area (Å²) in [6, 6.07) is 13.9. The van der Waals surface area contributed by atoms with Gasteiger partial charge in [0.25, 0.3) is 0 Å². The van der Waals surface area contributed by atoms with Crippen LogP contribution in [0.2, 0.25) is 5.02 Å². The first kappa shape index (κ1) is 17.6. The molecule has 2 aromatic carbocycles. The lowest BCUT2D eigenvalue weighted by Gasteiger charge is -2.33. The van der Waals surface area contributed by atoms with E-state index < -0.39 is 0 Å². The number of nitrogens with zero attached hydrogens (tertiary/aromatic N) is 1. The van der Waals surface area contributed by atoms with Gasteiger partial charge in [-0.05, 0) is 48.6 Å². The van der Waals surface area contributed by atoms with E-state index in [-0.39, 0.29) is 18.5 Å². The lowest BCUT2D eigenvalue weighted by molar-refractivity contribution is -0.130. The molecule has 132 valence electrons. The van der Waals surface area contributed by atoms with Crippen molar-refractivity contribution in [3.8, 4) is 5.75 Å². The van der Waals surface area contributed by atoms with Gasteiger partial charge in [0.2, 0.25) is 5.91 Å². The number of carbonyl (C=O) groups excluding carboxylic acids is 1. The minimum Gasteiger partial charge on any atom is -0.495 e. The number of benzene rings is 2. The maximum absolute atomic E-state index is 12.7. The molecule has 0 radical (unpaired) electrons. The number of halogens is 1. The molecule has 5 heteroatoms. The number of methoxy groups -OCH3 is 1. The van der Waals surface area contributed by atoms with Gasteiger partial charge in [0, 0.05) is 12.1 Å². The highest BCUT2D eigenvalue weighted by atomic mass is 35.5. The van der Waals surface area contributed by atoms with Crippen LogP contribution in [-0.4, -0.2) is 31.5 Å². The van der Waals surface area contributed by atoms with E-state index in [0.717, 1.165) is 24.9 Å². The Morgan fingerprint density at radius 2 is 2.12 bits per heavy atom. The highest BCUT2D eigenvalue weighted by molar-refractivity contribution is 6.30. The van der Waals surface area contributed by atoms with Gasteiger partial charge in [-0.2, -0.15) is 0 Å². The van der Waals surface area contributed by atoms with Gasteiger partial charge < -0.3 is 15.0 Å². The Hall–Kier alpha value is -2.20. The molecule has 1 aliphatic rings. The third-order valence-electron chi connectivity index (χ3n) is 4.79. The van der Waals surface area contributed by atoms with Crippen LogP contribution in [0, 0.1) is 0 Å². The van der Waals surface area contributed by atoms with E-state index in [1.54, 1.807) is 25.3 Å². The van der Waals surface area contributed by atoms with Gasteiger partial charge in [0.15, 0.2) is 0 Å². The van der Waals surface area contributed by atoms with E-state index in [4.69, 9.17) is 16.3 Å². The summed E-state index contributed by atoms with van der Waals surface area (Å²) in [5.41, 5.74) is 3.34. The first-order valence-corrected chi connectivity index (χ1v) is 8.89. The van der Waals surface area contributed by atoms with E-state index in [1.807, 2.05) is 18.0 Å². The normalized spacial score (nSPS) is 16.0. The van der Waals surface area contributed by atoms with E-state index >= 15 is 0 Å². The van der Waals surface area contributed by atoms with Crippen molar-refractivity contribution in [1.82, 2.24) is 4.90 Å². The molecule has 0 saturated heterocycles. The Morgan fingerprint density at radius 3 is 2.92 bits per heavy atom. The summed E-state index contributed by atoms with van der Waals surface area (Å²) in [6.45, 7) is 0.200. The van der Waals surface area contributed by atoms with Gasteiger partial charge in [0.1, 0.15) is 5.75 Å². The van der Waals surface area contributed by atoms with Gasteiger partial charge >= 0.3 is 0 Å². The Morgan fingerprint density at radius 1 is 1.32 bits per heavy atom. The molecule has 0 spiro atoms. The smallest absolute Gasteiger partial charge is 0.242 e. The number of carbonyl (C=O) groups is 1. The van der Waals surface area contributed by atoms with Crippen LogP contribution in [0.5, 0.6) is 5.75 Å². The second-order valence-corrected chi connectivity index (χ2v) is 6.75. The lowest BCUT2D eigenvalue weighted by Crippen LogP contribution is -2.37. The highest BCUT2D eigenvalue weighted by Crippen LogP contribution is 2.33. The molecule has 0 bridgehead atoms. The first-order chi connectivity index (χ1) is 12.1. The fraction of sp³-hybridized carbons (Fsp3) is 0.350. The molecular weight excluding hydrogens is 336 g/mol. The number of anilines is 1. The van der Waals surface area contributed by atoms with E-state index in [1.165, 1.54) is 11.1 Å². The molecular formula is C20H23ClN2O2. The Balaban J connectivity index is 1.69. The average molecular weight is 359 g/mol. The summed E-state index contributed by atoms with van der Waals surface area (Å²) in [4.78, 5) is 14.5. The van der Waals surface area contributed by atoms with Crippen molar-refractivity contribution in [2.45, 2.75) is 25.3 Å². The second kappa shape index (κ2) is 7.79. The summed E-state index contributed by atoms with van der Waals surface area (Å²) < 4.78 is 5.31. The Bertz CT molecular complexity index is 763. The maximum Gasteiger partial charge on any atom is 0.242 e. The topological polar surface area (TPSA) is 41.6 Å². The Kier molecular flexibility index (Phi) is 5.49. The molecule has 0 aliphatic heterocycles. The number of fused-ring (bicyclic) bond motifs is 1. The van der Waals surface area contributed by atoms with Crippen LogP contribution in [0.1, 0.15) is 30.0 Å². The van der Waals surface area contributed by atoms with Gasteiger partial charge in [-0.3, -0.25) is 4.79 Å². The number of ether oxygens (including phenoxy) is 1. The predicted octanol–water partition coefficient (Wildman–Crippen LogP) is 4.30. The van der Waals surface area contributed by atoms with Crippen molar-refractivity contribution >= 4 is 23.2 Å². The number of hydrogen-bond acceptors (Lipinski definition) is 3. The molecule has 1 N–H and O–H groups in total. The zero-order chi connectivity index (χ0) is 17.8. The fourth-order valence-corrected chi connectivity index (χ4v) is 3.59. The number of aryl methyl sites for hydroxylation is 1. The van der Waals surface area contributed by atoms with Crippen LogP contribution in [-0.2, 0) is 11.2 Å². The van der Waals surface area contributed by atoms with Crippen molar-refractivity contribution in [1.29, 1.82) is 0 Å². The van der Waals surface area contributed by atoms with Gasteiger partial charge in [-0.15, -0.1) is 0 Å². The number of likely N-dealkylation sites (N-methyl/N-ethyl adjacent to an activating group) is 1. The maximum atomic E-state index is 12.7. The summed E-state index contributed by atoms with van der Waals surface area (Å²) in [7, 11) is 3.48. The quantitative estimate of drug-likeness (QED) is 0.866. The molecule has 1 amide bonds. The highest BCUT2D eigenvalue weighted by Gasteiger charge is 2.26. The van der Waals surface area contributed by atoms with Crippen molar-refractivity contribution < 1.29 is 9.53 Å². The number of nitrogens with one attached hydrogen (secondary N) is 1. The second-order valence-electron chi connectivity index (χ2n) is 6.31. The molecule has 1 unspecified atom stereocenters. The largest absolute Gasteiger partial charge is 0.495 e. The SMILES string of the molecule is COc1ccc(Cl)cc1NCC(=O)N(C)C1CCCc2ccccc21. The molecule has 4 nitrogen and oxygen atoms in total. The fourth-order valence-electron chi connectivity index (χ4n) is 3.42. The Labute approximate surface area is 153 Å². The monoisotopic (exact) mass is 358 g/mol. The number of hydrogen-bond donors (Lipinski definition) is 1. The summed E-state index contributed by atoms with van der Waals surface area (Å²) in [6.07, 6.45) is 3.20. The van der Waals surface area contributed by atoms with Crippen molar-refractivity contribution in [3.05, 3.63) is 58.6 Å². The molecule has 3 rings (SSSR count). The van der Waals surface area contributed by atoms with Crippen LogP contribution >= 0.6 is 11.6 Å². The van der Waals surface area contributed by atoms with Crippen LogP contribution < -0.4 is 10.1 Å².